The van der Waals surface area contributed by atoms with Gasteiger partial charge < -0.3 is 9.64 Å². The van der Waals surface area contributed by atoms with Crippen LogP contribution in [0, 0.1) is 0 Å². The summed E-state index contributed by atoms with van der Waals surface area (Å²) < 4.78 is 5.82. The first-order valence-corrected chi connectivity index (χ1v) is 11.8. The van der Waals surface area contributed by atoms with Gasteiger partial charge in [0.2, 0.25) is 5.91 Å². The molecule has 1 aliphatic rings. The number of amides is 1. The highest BCUT2D eigenvalue weighted by atomic mass is 35.5. The summed E-state index contributed by atoms with van der Waals surface area (Å²) in [7, 11) is 0. The zero-order valence-electron chi connectivity index (χ0n) is 18.6. The fourth-order valence-corrected chi connectivity index (χ4v) is 4.26. The molecule has 8 heteroatoms. The van der Waals surface area contributed by atoms with Gasteiger partial charge in [0.1, 0.15) is 5.01 Å². The largest absolute Gasteiger partial charge is 0.360 e. The van der Waals surface area contributed by atoms with Crippen molar-refractivity contribution < 1.29 is 14.3 Å². The molecule has 2 aromatic rings. The van der Waals surface area contributed by atoms with Crippen LogP contribution in [0.2, 0.25) is 5.02 Å². The summed E-state index contributed by atoms with van der Waals surface area (Å²) in [6.45, 7) is 11.5. The number of halogens is 1. The molecule has 0 unspecified atom stereocenters. The molecule has 0 N–H and O–H groups in total. The number of thiazole rings is 1. The fraction of sp³-hybridized carbons (Fsp3) is 0.522. The van der Waals surface area contributed by atoms with Crippen LogP contribution in [-0.4, -0.2) is 65.0 Å². The van der Waals surface area contributed by atoms with Gasteiger partial charge >= 0.3 is 0 Å². The molecule has 0 aliphatic carbocycles. The predicted molar refractivity (Wildman–Crippen MR) is 124 cm³/mol. The number of Topliss-reactive ketones (excluding diaryl/α,β-unsaturated/α-hetero) is 1. The Labute approximate surface area is 193 Å². The zero-order chi connectivity index (χ0) is 22.6. The van der Waals surface area contributed by atoms with Crippen molar-refractivity contribution in [3.63, 3.8) is 0 Å². The van der Waals surface area contributed by atoms with Crippen molar-refractivity contribution in [2.45, 2.75) is 45.6 Å². The number of hydrogen-bond donors (Lipinski definition) is 0. The maximum atomic E-state index is 12.7. The van der Waals surface area contributed by atoms with Gasteiger partial charge in [-0.1, -0.05) is 11.6 Å². The number of rotatable bonds is 7. The van der Waals surface area contributed by atoms with Crippen LogP contribution in [0.4, 0.5) is 0 Å². The van der Waals surface area contributed by atoms with Crippen LogP contribution in [-0.2, 0) is 16.0 Å². The first-order chi connectivity index (χ1) is 14.6. The lowest BCUT2D eigenvalue weighted by atomic mass is 10.00. The number of ketones is 1. The molecule has 0 bridgehead atoms. The van der Waals surface area contributed by atoms with E-state index >= 15 is 0 Å². The Bertz CT molecular complexity index is 900. The molecule has 1 saturated heterocycles. The first-order valence-electron chi connectivity index (χ1n) is 10.5. The molecule has 1 amide bonds. The van der Waals surface area contributed by atoms with E-state index < -0.39 is 0 Å². The van der Waals surface area contributed by atoms with E-state index in [2.05, 4.69) is 9.88 Å². The van der Waals surface area contributed by atoms with E-state index in [1.807, 2.05) is 38.0 Å². The van der Waals surface area contributed by atoms with Crippen molar-refractivity contribution in [3.8, 4) is 0 Å². The molecule has 0 saturated carbocycles. The van der Waals surface area contributed by atoms with Gasteiger partial charge in [0.15, 0.2) is 5.78 Å². The number of carbonyl (C=O) groups is 2. The summed E-state index contributed by atoms with van der Waals surface area (Å²) in [5.41, 5.74) is 1.17. The van der Waals surface area contributed by atoms with E-state index in [9.17, 15) is 9.59 Å². The Morgan fingerprint density at radius 2 is 1.81 bits per heavy atom. The highest BCUT2D eigenvalue weighted by molar-refractivity contribution is 7.09. The lowest BCUT2D eigenvalue weighted by Crippen LogP contribution is -2.50. The van der Waals surface area contributed by atoms with Gasteiger partial charge in [-0.15, -0.1) is 11.3 Å². The van der Waals surface area contributed by atoms with Gasteiger partial charge in [-0.25, -0.2) is 4.98 Å². The molecule has 2 heterocycles. The second-order valence-electron chi connectivity index (χ2n) is 8.83. The zero-order valence-corrected chi connectivity index (χ0v) is 20.1. The molecule has 1 aliphatic heterocycles. The summed E-state index contributed by atoms with van der Waals surface area (Å²) in [5, 5.41) is 3.21. The minimum Gasteiger partial charge on any atom is -0.360 e. The van der Waals surface area contributed by atoms with E-state index in [0.29, 0.717) is 30.4 Å². The van der Waals surface area contributed by atoms with Crippen LogP contribution in [0.1, 0.15) is 54.7 Å². The standard InChI is InChI=1S/C23H30ClN3O3S/c1-16(21(29)17-5-7-18(24)8-6-17)22-25-19(14-31-22)13-20(28)27-11-9-26(10-12-27)15-30-23(2,3)4/h5-8,14,16H,9-13,15H2,1-4H3/t16-/m1/s1. The molecule has 31 heavy (non-hydrogen) atoms. The third-order valence-electron chi connectivity index (χ3n) is 5.20. The van der Waals surface area contributed by atoms with Crippen molar-refractivity contribution >= 4 is 34.6 Å². The van der Waals surface area contributed by atoms with Crippen LogP contribution in [0.3, 0.4) is 0 Å². The Hall–Kier alpha value is -1.80. The monoisotopic (exact) mass is 463 g/mol. The maximum absolute atomic E-state index is 12.7. The normalized spacial score (nSPS) is 16.4. The molecule has 0 radical (unpaired) electrons. The summed E-state index contributed by atoms with van der Waals surface area (Å²) >= 11 is 7.33. The number of piperazine rings is 1. The molecule has 1 atom stereocenters. The highest BCUT2D eigenvalue weighted by Crippen LogP contribution is 2.25. The molecule has 0 spiro atoms. The van der Waals surface area contributed by atoms with E-state index in [1.54, 1.807) is 24.3 Å². The molecule has 1 aromatic heterocycles. The van der Waals surface area contributed by atoms with Crippen molar-refractivity contribution in [2.24, 2.45) is 0 Å². The third kappa shape index (κ3) is 6.84. The van der Waals surface area contributed by atoms with Crippen LogP contribution in [0.15, 0.2) is 29.6 Å². The van der Waals surface area contributed by atoms with Crippen LogP contribution in [0.25, 0.3) is 0 Å². The second kappa shape index (κ2) is 10.2. The van der Waals surface area contributed by atoms with Gasteiger partial charge in [0.25, 0.3) is 0 Å². The van der Waals surface area contributed by atoms with Gasteiger partial charge in [-0.2, -0.15) is 0 Å². The number of hydrogen-bond acceptors (Lipinski definition) is 6. The van der Waals surface area contributed by atoms with Crippen molar-refractivity contribution in [2.75, 3.05) is 32.9 Å². The van der Waals surface area contributed by atoms with E-state index in [1.165, 1.54) is 11.3 Å². The number of benzene rings is 1. The summed E-state index contributed by atoms with van der Waals surface area (Å²) in [6, 6.07) is 6.88. The molecule has 6 nitrogen and oxygen atoms in total. The molecule has 1 aromatic carbocycles. The Kier molecular flexibility index (Phi) is 7.86. The van der Waals surface area contributed by atoms with Crippen LogP contribution in [0.5, 0.6) is 0 Å². The summed E-state index contributed by atoms with van der Waals surface area (Å²) in [5.74, 6) is -0.288. The molecular formula is C23H30ClN3O3S. The topological polar surface area (TPSA) is 62.7 Å². The Balaban J connectivity index is 1.51. The molecular weight excluding hydrogens is 434 g/mol. The van der Waals surface area contributed by atoms with Gasteiger partial charge in [-0.3, -0.25) is 14.5 Å². The predicted octanol–water partition coefficient (Wildman–Crippen LogP) is 4.24. The number of nitrogens with zero attached hydrogens (tertiary/aromatic N) is 3. The van der Waals surface area contributed by atoms with E-state index in [4.69, 9.17) is 16.3 Å². The smallest absolute Gasteiger partial charge is 0.228 e. The first kappa shape index (κ1) is 23.9. The summed E-state index contributed by atoms with van der Waals surface area (Å²) in [6.07, 6.45) is 0.261. The number of carbonyl (C=O) groups excluding carboxylic acids is 2. The fourth-order valence-electron chi connectivity index (χ4n) is 3.26. The lowest BCUT2D eigenvalue weighted by Gasteiger charge is -2.35. The van der Waals surface area contributed by atoms with Crippen LogP contribution < -0.4 is 0 Å². The molecule has 1 fully saturated rings. The van der Waals surface area contributed by atoms with Crippen molar-refractivity contribution in [3.05, 3.63) is 50.9 Å². The quantitative estimate of drug-likeness (QED) is 0.574. The van der Waals surface area contributed by atoms with Gasteiger partial charge in [0.05, 0.1) is 30.4 Å². The van der Waals surface area contributed by atoms with Gasteiger partial charge in [-0.05, 0) is 52.0 Å². The molecule has 3 rings (SSSR count). The Morgan fingerprint density at radius 1 is 1.16 bits per heavy atom. The highest BCUT2D eigenvalue weighted by Gasteiger charge is 2.24. The van der Waals surface area contributed by atoms with Crippen molar-refractivity contribution in [1.29, 1.82) is 0 Å². The SMILES string of the molecule is C[C@H](C(=O)c1ccc(Cl)cc1)c1nc(CC(=O)N2CCN(COC(C)(C)C)CC2)cs1. The third-order valence-corrected chi connectivity index (χ3v) is 6.53. The Morgan fingerprint density at radius 3 is 2.42 bits per heavy atom. The summed E-state index contributed by atoms with van der Waals surface area (Å²) in [4.78, 5) is 34.1. The van der Waals surface area contributed by atoms with E-state index in [-0.39, 0.29) is 29.6 Å². The number of aromatic nitrogens is 1. The molecule has 168 valence electrons. The van der Waals surface area contributed by atoms with E-state index in [0.717, 1.165) is 23.8 Å². The minimum absolute atomic E-state index is 0.00232. The van der Waals surface area contributed by atoms with Crippen molar-refractivity contribution in [1.82, 2.24) is 14.8 Å². The van der Waals surface area contributed by atoms with Gasteiger partial charge in [0, 0.05) is 42.1 Å². The second-order valence-corrected chi connectivity index (χ2v) is 10.2. The minimum atomic E-state index is -0.360. The average Bonchev–Trinajstić information content (AvgIpc) is 3.20. The maximum Gasteiger partial charge on any atom is 0.228 e. The number of ether oxygens (including phenoxy) is 1. The lowest BCUT2D eigenvalue weighted by molar-refractivity contribution is -0.134. The van der Waals surface area contributed by atoms with Crippen LogP contribution >= 0.6 is 22.9 Å². The average molecular weight is 464 g/mol.